The van der Waals surface area contributed by atoms with Crippen molar-refractivity contribution in [3.63, 3.8) is 0 Å². The van der Waals surface area contributed by atoms with Crippen LogP contribution < -0.4 is 4.74 Å². The molecule has 5 aromatic rings. The minimum atomic E-state index is -0.609. The van der Waals surface area contributed by atoms with Crippen molar-refractivity contribution in [1.29, 1.82) is 0 Å². The van der Waals surface area contributed by atoms with Gasteiger partial charge < -0.3 is 23.8 Å². The Balaban J connectivity index is 1.02. The second-order valence-corrected chi connectivity index (χ2v) is 9.84. The average Bonchev–Trinajstić information content (AvgIpc) is 3.59. The van der Waals surface area contributed by atoms with Gasteiger partial charge in [-0.15, -0.1) is 11.3 Å². The molecule has 0 saturated carbocycles. The number of likely N-dealkylation sites (tertiary alicyclic amines) is 1. The third-order valence-corrected chi connectivity index (χ3v) is 7.44. The van der Waals surface area contributed by atoms with Crippen molar-refractivity contribution < 1.29 is 23.3 Å². The highest BCUT2D eigenvalue weighted by molar-refractivity contribution is 7.17. The van der Waals surface area contributed by atoms with E-state index in [1.165, 1.54) is 12.1 Å². The number of ether oxygens (including phenoxy) is 1. The van der Waals surface area contributed by atoms with Gasteiger partial charge in [0, 0.05) is 29.5 Å². The molecular formula is C26H24FN3O4S. The molecule has 0 bridgehead atoms. The maximum absolute atomic E-state index is 13.4. The van der Waals surface area contributed by atoms with Crippen LogP contribution in [0.3, 0.4) is 0 Å². The summed E-state index contributed by atoms with van der Waals surface area (Å²) in [5.41, 5.74) is 3.89. The number of rotatable bonds is 7. The zero-order valence-electron chi connectivity index (χ0n) is 18.9. The van der Waals surface area contributed by atoms with Crippen molar-refractivity contribution in [2.75, 3.05) is 26.2 Å². The Morgan fingerprint density at radius 1 is 1.09 bits per heavy atom. The van der Waals surface area contributed by atoms with Crippen molar-refractivity contribution in [3.8, 4) is 17.0 Å². The molecule has 0 aliphatic carbocycles. The van der Waals surface area contributed by atoms with Gasteiger partial charge in [0.2, 0.25) is 0 Å². The van der Waals surface area contributed by atoms with Gasteiger partial charge >= 0.3 is 0 Å². The van der Waals surface area contributed by atoms with Gasteiger partial charge in [-0.2, -0.15) is 0 Å². The molecule has 0 spiro atoms. The summed E-state index contributed by atoms with van der Waals surface area (Å²) in [4.78, 5) is 2.24. The van der Waals surface area contributed by atoms with Crippen LogP contribution in [0.5, 0.6) is 5.75 Å². The topological polar surface area (TPSA) is 84.8 Å². The van der Waals surface area contributed by atoms with Crippen LogP contribution in [0, 0.1) is 5.82 Å². The number of fused-ring (bicyclic) bond motifs is 2. The summed E-state index contributed by atoms with van der Waals surface area (Å²) < 4.78 is 31.0. The fourth-order valence-electron chi connectivity index (χ4n) is 4.75. The number of thiophene rings is 1. The monoisotopic (exact) mass is 493 g/mol. The van der Waals surface area contributed by atoms with Crippen molar-refractivity contribution in [3.05, 3.63) is 65.4 Å². The summed E-state index contributed by atoms with van der Waals surface area (Å²) in [5, 5.41) is 21.8. The maximum atomic E-state index is 13.4. The van der Waals surface area contributed by atoms with Gasteiger partial charge in [-0.25, -0.2) is 4.39 Å². The summed E-state index contributed by atoms with van der Waals surface area (Å²) in [6, 6.07) is 14.2. The quantitative estimate of drug-likeness (QED) is 0.322. The van der Waals surface area contributed by atoms with E-state index in [9.17, 15) is 9.50 Å². The predicted molar refractivity (Wildman–Crippen MR) is 131 cm³/mol. The summed E-state index contributed by atoms with van der Waals surface area (Å²) in [6.07, 6.45) is 1.20. The molecule has 35 heavy (non-hydrogen) atoms. The lowest BCUT2D eigenvalue weighted by Gasteiger charge is -2.32. The van der Waals surface area contributed by atoms with Gasteiger partial charge in [0.25, 0.3) is 0 Å². The molecule has 0 radical (unpaired) electrons. The Kier molecular flexibility index (Phi) is 5.97. The zero-order valence-corrected chi connectivity index (χ0v) is 19.7. The van der Waals surface area contributed by atoms with Gasteiger partial charge in [0.15, 0.2) is 11.2 Å². The summed E-state index contributed by atoms with van der Waals surface area (Å²) in [7, 11) is 0. The largest absolute Gasteiger partial charge is 0.491 e. The number of hydrogen-bond acceptors (Lipinski definition) is 8. The summed E-state index contributed by atoms with van der Waals surface area (Å²) in [5.74, 6) is 0.624. The van der Waals surface area contributed by atoms with Crippen LogP contribution >= 0.6 is 11.3 Å². The Hall–Kier alpha value is -3.27. The number of halogens is 1. The minimum Gasteiger partial charge on any atom is -0.491 e. The molecule has 6 rings (SSSR count). The lowest BCUT2D eigenvalue weighted by molar-refractivity contribution is 0.0592. The smallest absolute Gasteiger partial charge is 0.178 e. The first-order valence-corrected chi connectivity index (χ1v) is 12.5. The Morgan fingerprint density at radius 3 is 2.83 bits per heavy atom. The van der Waals surface area contributed by atoms with E-state index in [-0.39, 0.29) is 18.3 Å². The second-order valence-electron chi connectivity index (χ2n) is 8.92. The van der Waals surface area contributed by atoms with Crippen LogP contribution in [0.15, 0.2) is 63.0 Å². The number of aromatic nitrogens is 2. The van der Waals surface area contributed by atoms with E-state index in [4.69, 9.17) is 13.8 Å². The molecule has 0 amide bonds. The van der Waals surface area contributed by atoms with E-state index in [2.05, 4.69) is 15.2 Å². The highest BCUT2D eigenvalue weighted by Gasteiger charge is 2.26. The van der Waals surface area contributed by atoms with E-state index in [0.29, 0.717) is 17.9 Å². The van der Waals surface area contributed by atoms with Gasteiger partial charge in [-0.05, 0) is 61.6 Å². The van der Waals surface area contributed by atoms with Gasteiger partial charge in [-0.3, -0.25) is 0 Å². The number of nitrogens with zero attached hydrogens (tertiary/aromatic N) is 3. The zero-order chi connectivity index (χ0) is 23.8. The van der Waals surface area contributed by atoms with Crippen LogP contribution in [-0.4, -0.2) is 52.7 Å². The van der Waals surface area contributed by atoms with E-state index in [1.54, 1.807) is 17.4 Å². The van der Waals surface area contributed by atoms with Crippen molar-refractivity contribution in [2.45, 2.75) is 24.9 Å². The van der Waals surface area contributed by atoms with Crippen LogP contribution in [0.4, 0.5) is 4.39 Å². The molecule has 2 aromatic carbocycles. The van der Waals surface area contributed by atoms with E-state index in [0.717, 1.165) is 58.6 Å². The molecule has 1 fully saturated rings. The van der Waals surface area contributed by atoms with Crippen molar-refractivity contribution in [1.82, 2.24) is 15.2 Å². The molecule has 7 nitrogen and oxygen atoms in total. The van der Waals surface area contributed by atoms with Crippen molar-refractivity contribution >= 4 is 32.6 Å². The molecule has 1 aliphatic rings. The van der Waals surface area contributed by atoms with Crippen LogP contribution in [0.2, 0.25) is 0 Å². The molecule has 1 atom stereocenters. The number of aliphatic hydroxyl groups is 1. The molecular weight excluding hydrogens is 469 g/mol. The van der Waals surface area contributed by atoms with Crippen LogP contribution in [-0.2, 0) is 0 Å². The SMILES string of the molecule is OC(COc1cccc(-c2noc3ccsc23)c1)CN1CCC(c2noc3cc(F)ccc23)CC1. The number of benzene rings is 2. The molecule has 180 valence electrons. The molecule has 1 N–H and O–H groups in total. The molecule has 9 heteroatoms. The first-order chi connectivity index (χ1) is 17.1. The molecule has 3 aromatic heterocycles. The Labute approximate surface area is 204 Å². The number of piperidine rings is 1. The standard InChI is InChI=1S/C26H24FN3O4S/c27-18-4-5-21-23(13-18)34-28-24(21)16-6-9-30(10-7-16)14-19(31)15-32-20-3-1-2-17(12-20)25-26-22(33-29-25)8-11-35-26/h1-5,8,11-13,16,19,31H,6-7,9-10,14-15H2. The molecule has 4 heterocycles. The average molecular weight is 494 g/mol. The Morgan fingerprint density at radius 2 is 1.94 bits per heavy atom. The van der Waals surface area contributed by atoms with Gasteiger partial charge in [0.05, 0.1) is 5.69 Å². The molecule has 1 aliphatic heterocycles. The van der Waals surface area contributed by atoms with E-state index < -0.39 is 6.10 Å². The number of aliphatic hydroxyl groups excluding tert-OH is 1. The lowest BCUT2D eigenvalue weighted by atomic mass is 9.91. The highest BCUT2D eigenvalue weighted by atomic mass is 32.1. The fourth-order valence-corrected chi connectivity index (χ4v) is 5.57. The molecule has 1 saturated heterocycles. The predicted octanol–water partition coefficient (Wildman–Crippen LogP) is 5.46. The van der Waals surface area contributed by atoms with Gasteiger partial charge in [0.1, 0.15) is 34.7 Å². The van der Waals surface area contributed by atoms with E-state index in [1.807, 2.05) is 35.7 Å². The number of hydrogen-bond donors (Lipinski definition) is 1. The van der Waals surface area contributed by atoms with Crippen LogP contribution in [0.1, 0.15) is 24.5 Å². The first-order valence-electron chi connectivity index (χ1n) is 11.7. The fraction of sp³-hybridized carbons (Fsp3) is 0.308. The summed E-state index contributed by atoms with van der Waals surface area (Å²) in [6.45, 7) is 2.43. The number of β-amino-alcohol motifs (C(OH)–C–C–N with tert-alkyl or cyclic N) is 1. The summed E-state index contributed by atoms with van der Waals surface area (Å²) >= 11 is 1.59. The first kappa shape index (κ1) is 22.2. The normalized spacial score (nSPS) is 16.3. The minimum absolute atomic E-state index is 0.204. The van der Waals surface area contributed by atoms with Crippen LogP contribution in [0.25, 0.3) is 32.5 Å². The maximum Gasteiger partial charge on any atom is 0.178 e. The van der Waals surface area contributed by atoms with Crippen molar-refractivity contribution in [2.24, 2.45) is 0 Å². The Bertz CT molecular complexity index is 1450. The molecule has 1 unspecified atom stereocenters. The van der Waals surface area contributed by atoms with E-state index >= 15 is 0 Å². The third kappa shape index (κ3) is 4.54. The van der Waals surface area contributed by atoms with Gasteiger partial charge in [-0.1, -0.05) is 22.4 Å². The second kappa shape index (κ2) is 9.41. The lowest BCUT2D eigenvalue weighted by Crippen LogP contribution is -2.40. The highest BCUT2D eigenvalue weighted by Crippen LogP contribution is 2.34. The third-order valence-electron chi connectivity index (χ3n) is 6.53.